The Kier molecular flexibility index (Phi) is 4.33. The van der Waals surface area contributed by atoms with Gasteiger partial charge in [0.25, 0.3) is 5.91 Å². The first-order valence-corrected chi connectivity index (χ1v) is 7.44. The fourth-order valence-electron chi connectivity index (χ4n) is 2.42. The van der Waals surface area contributed by atoms with Gasteiger partial charge in [0.1, 0.15) is 0 Å². The molecule has 1 saturated heterocycles. The molecule has 1 aromatic rings. The van der Waals surface area contributed by atoms with Crippen LogP contribution in [0.5, 0.6) is 0 Å². The molecule has 1 heterocycles. The standard InChI is InChI=1S/C14H17BrClNO/c1-9-4-3-7-17(10(9)2)14(18)11-5-6-12(15)13(16)8-11/h5-6,8-10H,3-4,7H2,1-2H3. The van der Waals surface area contributed by atoms with Gasteiger partial charge in [0.2, 0.25) is 0 Å². The van der Waals surface area contributed by atoms with Gasteiger partial charge >= 0.3 is 0 Å². The summed E-state index contributed by atoms with van der Waals surface area (Å²) in [6.07, 6.45) is 2.29. The summed E-state index contributed by atoms with van der Waals surface area (Å²) in [4.78, 5) is 14.4. The molecule has 4 heteroatoms. The summed E-state index contributed by atoms with van der Waals surface area (Å²) in [6.45, 7) is 5.18. The highest BCUT2D eigenvalue weighted by Crippen LogP contribution is 2.27. The Morgan fingerprint density at radius 3 is 2.83 bits per heavy atom. The van der Waals surface area contributed by atoms with E-state index in [1.54, 1.807) is 6.07 Å². The molecule has 0 N–H and O–H groups in total. The predicted molar refractivity (Wildman–Crippen MR) is 78.0 cm³/mol. The Balaban J connectivity index is 2.22. The molecular formula is C14H17BrClNO. The number of piperidine rings is 1. The number of nitrogens with zero attached hydrogens (tertiary/aromatic N) is 1. The van der Waals surface area contributed by atoms with Crippen molar-refractivity contribution < 1.29 is 4.79 Å². The van der Waals surface area contributed by atoms with E-state index in [1.807, 2.05) is 17.0 Å². The van der Waals surface area contributed by atoms with Crippen molar-refractivity contribution >= 4 is 33.4 Å². The van der Waals surface area contributed by atoms with Crippen LogP contribution in [-0.4, -0.2) is 23.4 Å². The van der Waals surface area contributed by atoms with Gasteiger partial charge in [-0.3, -0.25) is 4.79 Å². The monoisotopic (exact) mass is 329 g/mol. The lowest BCUT2D eigenvalue weighted by Crippen LogP contribution is -2.46. The van der Waals surface area contributed by atoms with E-state index in [1.165, 1.54) is 6.42 Å². The number of halogens is 2. The topological polar surface area (TPSA) is 20.3 Å². The zero-order valence-corrected chi connectivity index (χ0v) is 13.0. The van der Waals surface area contributed by atoms with Crippen molar-refractivity contribution in [1.82, 2.24) is 4.90 Å². The van der Waals surface area contributed by atoms with Crippen molar-refractivity contribution in [3.05, 3.63) is 33.3 Å². The molecule has 0 aromatic heterocycles. The van der Waals surface area contributed by atoms with E-state index >= 15 is 0 Å². The minimum absolute atomic E-state index is 0.0865. The summed E-state index contributed by atoms with van der Waals surface area (Å²) < 4.78 is 0.820. The molecule has 0 radical (unpaired) electrons. The normalized spacial score (nSPS) is 24.1. The van der Waals surface area contributed by atoms with E-state index < -0.39 is 0 Å². The average molecular weight is 331 g/mol. The smallest absolute Gasteiger partial charge is 0.254 e. The highest BCUT2D eigenvalue weighted by molar-refractivity contribution is 9.10. The molecule has 1 fully saturated rings. The van der Waals surface area contributed by atoms with Crippen molar-refractivity contribution in [2.75, 3.05) is 6.54 Å². The maximum absolute atomic E-state index is 12.5. The Morgan fingerprint density at radius 2 is 2.17 bits per heavy atom. The molecule has 2 unspecified atom stereocenters. The SMILES string of the molecule is CC1CCCN(C(=O)c2ccc(Br)c(Cl)c2)C1C. The van der Waals surface area contributed by atoms with Crippen LogP contribution in [0.4, 0.5) is 0 Å². The first kappa shape index (κ1) is 13.9. The number of carbonyl (C=O) groups is 1. The maximum atomic E-state index is 12.5. The number of benzene rings is 1. The van der Waals surface area contributed by atoms with Gasteiger partial charge in [-0.2, -0.15) is 0 Å². The molecule has 1 aromatic carbocycles. The van der Waals surface area contributed by atoms with Crippen LogP contribution in [0.3, 0.4) is 0 Å². The lowest BCUT2D eigenvalue weighted by Gasteiger charge is -2.38. The molecule has 1 aliphatic rings. The van der Waals surface area contributed by atoms with Crippen LogP contribution in [0.2, 0.25) is 5.02 Å². The zero-order valence-electron chi connectivity index (χ0n) is 10.6. The summed E-state index contributed by atoms with van der Waals surface area (Å²) in [7, 11) is 0. The highest BCUT2D eigenvalue weighted by atomic mass is 79.9. The van der Waals surface area contributed by atoms with Crippen molar-refractivity contribution in [2.45, 2.75) is 32.7 Å². The Hall–Kier alpha value is -0.540. The summed E-state index contributed by atoms with van der Waals surface area (Å²) >= 11 is 9.38. The second kappa shape index (κ2) is 5.62. The van der Waals surface area contributed by atoms with E-state index in [0.29, 0.717) is 22.5 Å². The van der Waals surface area contributed by atoms with Crippen molar-refractivity contribution in [3.63, 3.8) is 0 Å². The zero-order chi connectivity index (χ0) is 13.3. The predicted octanol–water partition coefficient (Wildman–Crippen LogP) is 4.36. The third-order valence-electron chi connectivity index (χ3n) is 3.80. The third-order valence-corrected chi connectivity index (χ3v) is 5.03. The number of rotatable bonds is 1. The minimum atomic E-state index is 0.0865. The third kappa shape index (κ3) is 2.72. The number of likely N-dealkylation sites (tertiary alicyclic amines) is 1. The Morgan fingerprint density at radius 1 is 1.44 bits per heavy atom. The number of hydrogen-bond acceptors (Lipinski definition) is 1. The Bertz CT molecular complexity index is 463. The molecule has 18 heavy (non-hydrogen) atoms. The lowest BCUT2D eigenvalue weighted by molar-refractivity contribution is 0.0551. The van der Waals surface area contributed by atoms with E-state index in [9.17, 15) is 4.79 Å². The molecule has 98 valence electrons. The summed E-state index contributed by atoms with van der Waals surface area (Å²) in [5, 5.41) is 0.582. The molecule has 1 aliphatic heterocycles. The molecule has 2 atom stereocenters. The average Bonchev–Trinajstić information content (AvgIpc) is 2.35. The summed E-state index contributed by atoms with van der Waals surface area (Å²) in [6, 6.07) is 5.69. The van der Waals surface area contributed by atoms with Gasteiger partial charge in [-0.1, -0.05) is 18.5 Å². The lowest BCUT2D eigenvalue weighted by atomic mass is 9.91. The van der Waals surface area contributed by atoms with E-state index in [0.717, 1.165) is 17.4 Å². The van der Waals surface area contributed by atoms with Gasteiger partial charge < -0.3 is 4.90 Å². The van der Waals surface area contributed by atoms with Crippen molar-refractivity contribution in [2.24, 2.45) is 5.92 Å². The van der Waals surface area contributed by atoms with Gasteiger partial charge in [-0.15, -0.1) is 0 Å². The van der Waals surface area contributed by atoms with Crippen molar-refractivity contribution in [1.29, 1.82) is 0 Å². The summed E-state index contributed by atoms with van der Waals surface area (Å²) in [5.74, 6) is 0.650. The largest absolute Gasteiger partial charge is 0.336 e. The second-order valence-electron chi connectivity index (χ2n) is 4.99. The van der Waals surface area contributed by atoms with Crippen LogP contribution < -0.4 is 0 Å². The first-order valence-electron chi connectivity index (χ1n) is 6.26. The number of carbonyl (C=O) groups excluding carboxylic acids is 1. The molecule has 1 amide bonds. The van der Waals surface area contributed by atoms with Crippen LogP contribution in [0.25, 0.3) is 0 Å². The quantitative estimate of drug-likeness (QED) is 0.749. The molecule has 0 bridgehead atoms. The van der Waals surface area contributed by atoms with Gasteiger partial charge in [0, 0.05) is 22.6 Å². The molecule has 2 rings (SSSR count). The molecule has 2 nitrogen and oxygen atoms in total. The van der Waals surface area contributed by atoms with E-state index in [-0.39, 0.29) is 5.91 Å². The van der Waals surface area contributed by atoms with Crippen molar-refractivity contribution in [3.8, 4) is 0 Å². The van der Waals surface area contributed by atoms with Gasteiger partial charge in [0.15, 0.2) is 0 Å². The van der Waals surface area contributed by atoms with E-state index in [4.69, 9.17) is 11.6 Å². The molecule has 0 aliphatic carbocycles. The fourth-order valence-corrected chi connectivity index (χ4v) is 2.84. The fraction of sp³-hybridized carbons (Fsp3) is 0.500. The second-order valence-corrected chi connectivity index (χ2v) is 6.25. The molecular weight excluding hydrogens is 314 g/mol. The molecule has 0 spiro atoms. The maximum Gasteiger partial charge on any atom is 0.254 e. The molecule has 0 saturated carbocycles. The van der Waals surface area contributed by atoms with Gasteiger partial charge in [0.05, 0.1) is 5.02 Å². The van der Waals surface area contributed by atoms with Crippen LogP contribution in [0.15, 0.2) is 22.7 Å². The first-order chi connectivity index (χ1) is 8.50. The number of hydrogen-bond donors (Lipinski definition) is 0. The minimum Gasteiger partial charge on any atom is -0.336 e. The van der Waals surface area contributed by atoms with Crippen LogP contribution in [-0.2, 0) is 0 Å². The summed E-state index contributed by atoms with van der Waals surface area (Å²) in [5.41, 5.74) is 0.671. The number of amides is 1. The van der Waals surface area contributed by atoms with Gasteiger partial charge in [-0.05, 0) is 59.8 Å². The Labute approximate surface area is 121 Å². The van der Waals surface area contributed by atoms with E-state index in [2.05, 4.69) is 29.8 Å². The highest BCUT2D eigenvalue weighted by Gasteiger charge is 2.29. The van der Waals surface area contributed by atoms with Gasteiger partial charge in [-0.25, -0.2) is 0 Å². The van der Waals surface area contributed by atoms with Crippen LogP contribution >= 0.6 is 27.5 Å². The van der Waals surface area contributed by atoms with Crippen LogP contribution in [0.1, 0.15) is 37.0 Å². The van der Waals surface area contributed by atoms with Crippen LogP contribution in [0, 0.1) is 5.92 Å².